The highest BCUT2D eigenvalue weighted by atomic mass is 19.1. The molecule has 0 spiro atoms. The summed E-state index contributed by atoms with van der Waals surface area (Å²) in [6.45, 7) is -0.0375. The standard InChI is InChI=1S/C13H9F2NO3/c14-10-4-5-13(12(15)7-10)19-8-9-2-1-3-11(6-9)16(17)18/h1-7H,8H2. The van der Waals surface area contributed by atoms with Crippen LogP contribution in [0.5, 0.6) is 5.75 Å². The molecule has 6 heteroatoms. The normalized spacial score (nSPS) is 10.2. The highest BCUT2D eigenvalue weighted by Crippen LogP contribution is 2.20. The summed E-state index contributed by atoms with van der Waals surface area (Å²) >= 11 is 0. The highest BCUT2D eigenvalue weighted by Gasteiger charge is 2.08. The van der Waals surface area contributed by atoms with Gasteiger partial charge in [-0.3, -0.25) is 10.1 Å². The summed E-state index contributed by atoms with van der Waals surface area (Å²) in [4.78, 5) is 10.1. The third kappa shape index (κ3) is 3.25. The van der Waals surface area contributed by atoms with Crippen molar-refractivity contribution >= 4 is 5.69 Å². The summed E-state index contributed by atoms with van der Waals surface area (Å²) in [5, 5.41) is 10.6. The largest absolute Gasteiger partial charge is 0.486 e. The summed E-state index contributed by atoms with van der Waals surface area (Å²) < 4.78 is 31.1. The maximum Gasteiger partial charge on any atom is 0.269 e. The van der Waals surface area contributed by atoms with Gasteiger partial charge in [0.2, 0.25) is 0 Å². The summed E-state index contributed by atoms with van der Waals surface area (Å²) in [6.07, 6.45) is 0. The Morgan fingerprint density at radius 2 is 1.95 bits per heavy atom. The van der Waals surface area contributed by atoms with Gasteiger partial charge in [-0.05, 0) is 17.7 Å². The molecule has 0 amide bonds. The summed E-state index contributed by atoms with van der Waals surface area (Å²) in [5.74, 6) is -1.61. The monoisotopic (exact) mass is 265 g/mol. The number of hydrogen-bond donors (Lipinski definition) is 0. The lowest BCUT2D eigenvalue weighted by molar-refractivity contribution is -0.384. The van der Waals surface area contributed by atoms with Crippen molar-refractivity contribution < 1.29 is 18.4 Å². The van der Waals surface area contributed by atoms with Gasteiger partial charge in [-0.2, -0.15) is 0 Å². The molecule has 0 heterocycles. The maximum atomic E-state index is 13.3. The number of halogens is 2. The van der Waals surface area contributed by atoms with Crippen molar-refractivity contribution in [2.24, 2.45) is 0 Å². The molecule has 0 aromatic heterocycles. The van der Waals surface area contributed by atoms with Gasteiger partial charge in [0.1, 0.15) is 12.4 Å². The number of hydrogen-bond acceptors (Lipinski definition) is 3. The zero-order valence-electron chi connectivity index (χ0n) is 9.68. The van der Waals surface area contributed by atoms with E-state index in [4.69, 9.17) is 4.74 Å². The van der Waals surface area contributed by atoms with Gasteiger partial charge >= 0.3 is 0 Å². The van der Waals surface area contributed by atoms with Crippen molar-refractivity contribution in [2.75, 3.05) is 0 Å². The van der Waals surface area contributed by atoms with Crippen molar-refractivity contribution in [3.05, 3.63) is 69.8 Å². The molecule has 0 saturated carbocycles. The molecule has 0 aliphatic rings. The Balaban J connectivity index is 2.10. The van der Waals surface area contributed by atoms with E-state index in [1.54, 1.807) is 6.07 Å². The number of non-ortho nitro benzene ring substituents is 1. The van der Waals surface area contributed by atoms with E-state index in [-0.39, 0.29) is 18.0 Å². The fourth-order valence-corrected chi connectivity index (χ4v) is 1.51. The fraction of sp³-hybridized carbons (Fsp3) is 0.0769. The van der Waals surface area contributed by atoms with Crippen LogP contribution in [0.2, 0.25) is 0 Å². The minimum absolute atomic E-state index is 0.0375. The first-order valence-corrected chi connectivity index (χ1v) is 5.37. The Morgan fingerprint density at radius 3 is 2.63 bits per heavy atom. The Bertz CT molecular complexity index is 617. The van der Waals surface area contributed by atoms with E-state index in [0.29, 0.717) is 11.6 Å². The van der Waals surface area contributed by atoms with Crippen LogP contribution in [-0.2, 0) is 6.61 Å². The third-order valence-electron chi connectivity index (χ3n) is 2.41. The zero-order valence-corrected chi connectivity index (χ0v) is 9.68. The molecular weight excluding hydrogens is 256 g/mol. The minimum atomic E-state index is -0.814. The summed E-state index contributed by atoms with van der Waals surface area (Å²) in [6, 6.07) is 8.77. The van der Waals surface area contributed by atoms with Gasteiger partial charge in [-0.15, -0.1) is 0 Å². The zero-order chi connectivity index (χ0) is 13.8. The van der Waals surface area contributed by atoms with Crippen LogP contribution in [0.3, 0.4) is 0 Å². The molecule has 0 atom stereocenters. The van der Waals surface area contributed by atoms with Crippen LogP contribution in [0.1, 0.15) is 5.56 Å². The third-order valence-corrected chi connectivity index (χ3v) is 2.41. The molecule has 2 aromatic rings. The molecule has 0 fully saturated rings. The smallest absolute Gasteiger partial charge is 0.269 e. The van der Waals surface area contributed by atoms with Gasteiger partial charge in [0, 0.05) is 18.2 Å². The molecule has 19 heavy (non-hydrogen) atoms. The van der Waals surface area contributed by atoms with Gasteiger partial charge in [0.05, 0.1) is 4.92 Å². The van der Waals surface area contributed by atoms with Gasteiger partial charge < -0.3 is 4.74 Å². The molecule has 2 aromatic carbocycles. The van der Waals surface area contributed by atoms with Crippen LogP contribution in [0, 0.1) is 21.7 Å². The van der Waals surface area contributed by atoms with Crippen LogP contribution in [-0.4, -0.2) is 4.92 Å². The van der Waals surface area contributed by atoms with Crippen molar-refractivity contribution in [1.82, 2.24) is 0 Å². The van der Waals surface area contributed by atoms with Crippen LogP contribution in [0.15, 0.2) is 42.5 Å². The Hall–Kier alpha value is -2.50. The molecular formula is C13H9F2NO3. The van der Waals surface area contributed by atoms with Crippen LogP contribution in [0.4, 0.5) is 14.5 Å². The second-order valence-corrected chi connectivity index (χ2v) is 3.79. The van der Waals surface area contributed by atoms with E-state index >= 15 is 0 Å². The van der Waals surface area contributed by atoms with E-state index in [0.717, 1.165) is 6.07 Å². The average molecular weight is 265 g/mol. The molecule has 0 aliphatic heterocycles. The van der Waals surface area contributed by atoms with E-state index < -0.39 is 16.6 Å². The topological polar surface area (TPSA) is 52.4 Å². The summed E-state index contributed by atoms with van der Waals surface area (Å²) in [7, 11) is 0. The van der Waals surface area contributed by atoms with Gasteiger partial charge in [0.15, 0.2) is 11.6 Å². The van der Waals surface area contributed by atoms with E-state index in [2.05, 4.69) is 0 Å². The van der Waals surface area contributed by atoms with Crippen molar-refractivity contribution in [2.45, 2.75) is 6.61 Å². The first-order valence-electron chi connectivity index (χ1n) is 5.37. The molecule has 0 aliphatic carbocycles. The minimum Gasteiger partial charge on any atom is -0.486 e. The Kier molecular flexibility index (Phi) is 3.70. The molecule has 98 valence electrons. The second-order valence-electron chi connectivity index (χ2n) is 3.79. The van der Waals surface area contributed by atoms with E-state index in [9.17, 15) is 18.9 Å². The molecule has 0 unspecified atom stereocenters. The Morgan fingerprint density at radius 1 is 1.16 bits per heavy atom. The SMILES string of the molecule is O=[N+]([O-])c1cccc(COc2ccc(F)cc2F)c1. The van der Waals surface area contributed by atoms with Gasteiger partial charge in [-0.25, -0.2) is 8.78 Å². The number of nitro benzene ring substituents is 1. The number of nitro groups is 1. The number of rotatable bonds is 4. The van der Waals surface area contributed by atoms with Crippen LogP contribution < -0.4 is 4.74 Å². The van der Waals surface area contributed by atoms with Gasteiger partial charge in [-0.1, -0.05) is 12.1 Å². The van der Waals surface area contributed by atoms with E-state index in [1.165, 1.54) is 24.3 Å². The van der Waals surface area contributed by atoms with Crippen LogP contribution >= 0.6 is 0 Å². The lowest BCUT2D eigenvalue weighted by atomic mass is 10.2. The van der Waals surface area contributed by atoms with Gasteiger partial charge in [0.25, 0.3) is 5.69 Å². The maximum absolute atomic E-state index is 13.3. The van der Waals surface area contributed by atoms with Crippen molar-refractivity contribution in [1.29, 1.82) is 0 Å². The summed E-state index contributed by atoms with van der Waals surface area (Å²) in [5.41, 5.74) is 0.457. The Labute approximate surface area is 107 Å². The molecule has 0 saturated heterocycles. The fourth-order valence-electron chi connectivity index (χ4n) is 1.51. The molecule has 0 N–H and O–H groups in total. The lowest BCUT2D eigenvalue weighted by Crippen LogP contribution is -1.98. The predicted molar refractivity (Wildman–Crippen MR) is 63.8 cm³/mol. The number of nitrogens with zero attached hydrogens (tertiary/aromatic N) is 1. The predicted octanol–water partition coefficient (Wildman–Crippen LogP) is 3.45. The lowest BCUT2D eigenvalue weighted by Gasteiger charge is -2.07. The first-order chi connectivity index (χ1) is 9.06. The molecule has 4 nitrogen and oxygen atoms in total. The number of ether oxygens (including phenoxy) is 1. The first kappa shape index (κ1) is 12.9. The van der Waals surface area contributed by atoms with Crippen molar-refractivity contribution in [3.8, 4) is 5.75 Å². The molecule has 0 bridgehead atoms. The number of benzene rings is 2. The van der Waals surface area contributed by atoms with Crippen LogP contribution in [0.25, 0.3) is 0 Å². The molecule has 2 rings (SSSR count). The van der Waals surface area contributed by atoms with Crippen molar-refractivity contribution in [3.63, 3.8) is 0 Å². The highest BCUT2D eigenvalue weighted by molar-refractivity contribution is 5.34. The quantitative estimate of drug-likeness (QED) is 0.628. The second kappa shape index (κ2) is 5.43. The average Bonchev–Trinajstić information content (AvgIpc) is 2.38. The van der Waals surface area contributed by atoms with E-state index in [1.807, 2.05) is 0 Å². The molecule has 0 radical (unpaired) electrons.